The molecule has 1 amide bonds. The molecule has 1 aromatic carbocycles. The second-order valence-corrected chi connectivity index (χ2v) is 4.24. The van der Waals surface area contributed by atoms with Gasteiger partial charge in [0.2, 0.25) is 0 Å². The molecule has 5 nitrogen and oxygen atoms in total. The van der Waals surface area contributed by atoms with Gasteiger partial charge in [0.15, 0.2) is 0 Å². The second kappa shape index (κ2) is 4.97. The third kappa shape index (κ3) is 2.38. The Balaban J connectivity index is 2.32. The molecular formula is C12H12N4OS. The van der Waals surface area contributed by atoms with Gasteiger partial charge >= 0.3 is 0 Å². The maximum Gasteiger partial charge on any atom is 0.258 e. The van der Waals surface area contributed by atoms with Crippen LogP contribution in [-0.2, 0) is 0 Å². The lowest BCUT2D eigenvalue weighted by Gasteiger charge is -2.11. The number of amides is 1. The third-order valence-corrected chi connectivity index (χ3v) is 2.73. The molecule has 0 aliphatic heterocycles. The molecule has 18 heavy (non-hydrogen) atoms. The van der Waals surface area contributed by atoms with Crippen molar-refractivity contribution < 1.29 is 4.79 Å². The van der Waals surface area contributed by atoms with Crippen LogP contribution in [0.1, 0.15) is 21.5 Å². The van der Waals surface area contributed by atoms with E-state index in [2.05, 4.69) is 15.5 Å². The summed E-state index contributed by atoms with van der Waals surface area (Å²) in [6, 6.07) is 5.49. The molecule has 0 unspecified atom stereocenters. The summed E-state index contributed by atoms with van der Waals surface area (Å²) in [5, 5.41) is 9.08. The van der Waals surface area contributed by atoms with E-state index in [-0.39, 0.29) is 10.9 Å². The Labute approximate surface area is 109 Å². The lowest BCUT2D eigenvalue weighted by atomic mass is 10.1. The fraction of sp³-hybridized carbons (Fsp3) is 0.0833. The first kappa shape index (κ1) is 12.3. The zero-order valence-corrected chi connectivity index (χ0v) is 10.5. The largest absolute Gasteiger partial charge is 0.389 e. The zero-order chi connectivity index (χ0) is 13.1. The van der Waals surface area contributed by atoms with Crippen LogP contribution in [0, 0.1) is 6.92 Å². The Bertz CT molecular complexity index is 592. The molecule has 92 valence electrons. The van der Waals surface area contributed by atoms with Crippen LogP contribution in [0.4, 0.5) is 5.69 Å². The average molecular weight is 260 g/mol. The molecule has 1 heterocycles. The van der Waals surface area contributed by atoms with Crippen LogP contribution in [0.15, 0.2) is 30.6 Å². The van der Waals surface area contributed by atoms with Crippen LogP contribution in [0.25, 0.3) is 0 Å². The van der Waals surface area contributed by atoms with Gasteiger partial charge in [-0.05, 0) is 18.6 Å². The van der Waals surface area contributed by atoms with Crippen molar-refractivity contribution in [2.75, 3.05) is 5.32 Å². The van der Waals surface area contributed by atoms with Crippen molar-refractivity contribution in [3.63, 3.8) is 0 Å². The Hall–Kier alpha value is -2.21. The highest BCUT2D eigenvalue weighted by Gasteiger charge is 2.12. The number of aryl methyl sites for hydroxylation is 1. The molecule has 2 aromatic rings. The number of hydrogen-bond donors (Lipinski definition) is 3. The van der Waals surface area contributed by atoms with Crippen molar-refractivity contribution >= 4 is 28.8 Å². The lowest BCUT2D eigenvalue weighted by molar-refractivity contribution is 0.102. The van der Waals surface area contributed by atoms with Crippen LogP contribution < -0.4 is 11.1 Å². The Kier molecular flexibility index (Phi) is 3.38. The molecule has 0 bridgehead atoms. The monoisotopic (exact) mass is 260 g/mol. The van der Waals surface area contributed by atoms with E-state index >= 15 is 0 Å². The van der Waals surface area contributed by atoms with Gasteiger partial charge in [0.05, 0.1) is 17.4 Å². The van der Waals surface area contributed by atoms with Crippen molar-refractivity contribution in [2.24, 2.45) is 5.73 Å². The Morgan fingerprint density at radius 3 is 2.89 bits per heavy atom. The molecule has 4 N–H and O–H groups in total. The van der Waals surface area contributed by atoms with Crippen molar-refractivity contribution in [3.8, 4) is 0 Å². The maximum absolute atomic E-state index is 11.9. The smallest absolute Gasteiger partial charge is 0.258 e. The van der Waals surface area contributed by atoms with E-state index in [1.54, 1.807) is 6.07 Å². The fourth-order valence-electron chi connectivity index (χ4n) is 1.67. The lowest BCUT2D eigenvalue weighted by Crippen LogP contribution is -2.18. The second-order valence-electron chi connectivity index (χ2n) is 3.80. The quantitative estimate of drug-likeness (QED) is 0.732. The van der Waals surface area contributed by atoms with Gasteiger partial charge in [0.25, 0.3) is 5.91 Å². The summed E-state index contributed by atoms with van der Waals surface area (Å²) >= 11 is 5.00. The number of nitrogens with two attached hydrogens (primary N) is 1. The van der Waals surface area contributed by atoms with E-state index < -0.39 is 0 Å². The molecule has 1 aromatic heterocycles. The first-order valence-electron chi connectivity index (χ1n) is 5.29. The topological polar surface area (TPSA) is 83.8 Å². The Morgan fingerprint density at radius 1 is 1.50 bits per heavy atom. The van der Waals surface area contributed by atoms with E-state index in [4.69, 9.17) is 18.0 Å². The van der Waals surface area contributed by atoms with E-state index in [1.807, 2.05) is 19.1 Å². The minimum absolute atomic E-state index is 0.258. The van der Waals surface area contributed by atoms with Crippen molar-refractivity contribution in [1.29, 1.82) is 0 Å². The third-order valence-electron chi connectivity index (χ3n) is 2.53. The van der Waals surface area contributed by atoms with Crippen molar-refractivity contribution in [3.05, 3.63) is 47.3 Å². The van der Waals surface area contributed by atoms with Gasteiger partial charge in [0.1, 0.15) is 4.99 Å². The molecule has 0 aliphatic rings. The molecule has 2 rings (SSSR count). The number of hydrogen-bond acceptors (Lipinski definition) is 3. The average Bonchev–Trinajstić information content (AvgIpc) is 2.81. The number of aromatic amines is 1. The highest BCUT2D eigenvalue weighted by molar-refractivity contribution is 7.80. The maximum atomic E-state index is 11.9. The number of aromatic nitrogens is 2. The van der Waals surface area contributed by atoms with E-state index in [0.29, 0.717) is 16.8 Å². The summed E-state index contributed by atoms with van der Waals surface area (Å²) in [6.45, 7) is 1.89. The number of rotatable bonds is 3. The number of nitrogens with one attached hydrogen (secondary N) is 2. The number of carbonyl (C=O) groups excluding carboxylic acids is 1. The molecule has 0 fully saturated rings. The Morgan fingerprint density at radius 2 is 2.28 bits per heavy atom. The summed E-state index contributed by atoms with van der Waals surface area (Å²) in [7, 11) is 0. The number of benzene rings is 1. The SMILES string of the molecule is Cc1cccc(NC(=O)c2cn[nH]c2)c1C(N)=S. The zero-order valence-electron chi connectivity index (χ0n) is 9.73. The number of nitrogens with zero attached hydrogens (tertiary/aromatic N) is 1. The summed E-state index contributed by atoms with van der Waals surface area (Å²) < 4.78 is 0. The molecule has 0 saturated carbocycles. The molecule has 0 saturated heterocycles. The molecular weight excluding hydrogens is 248 g/mol. The predicted octanol–water partition coefficient (Wildman–Crippen LogP) is 1.60. The van der Waals surface area contributed by atoms with Crippen LogP contribution in [0.5, 0.6) is 0 Å². The van der Waals surface area contributed by atoms with Gasteiger partial charge in [-0.2, -0.15) is 5.10 Å². The highest BCUT2D eigenvalue weighted by atomic mass is 32.1. The predicted molar refractivity (Wildman–Crippen MR) is 73.6 cm³/mol. The van der Waals surface area contributed by atoms with Crippen LogP contribution in [0.2, 0.25) is 0 Å². The minimum atomic E-state index is -0.258. The van der Waals surface area contributed by atoms with Gasteiger partial charge in [0, 0.05) is 11.8 Å². The van der Waals surface area contributed by atoms with Crippen LogP contribution in [-0.4, -0.2) is 21.1 Å². The van der Waals surface area contributed by atoms with Crippen LogP contribution in [0.3, 0.4) is 0 Å². The number of H-pyrrole nitrogens is 1. The summed E-state index contributed by atoms with van der Waals surface area (Å²) in [4.78, 5) is 12.2. The number of anilines is 1. The number of carbonyl (C=O) groups is 1. The van der Waals surface area contributed by atoms with E-state index in [0.717, 1.165) is 5.56 Å². The molecule has 0 atom stereocenters. The minimum Gasteiger partial charge on any atom is -0.389 e. The molecule has 6 heteroatoms. The van der Waals surface area contributed by atoms with Crippen molar-refractivity contribution in [1.82, 2.24) is 10.2 Å². The fourth-order valence-corrected chi connectivity index (χ4v) is 1.94. The van der Waals surface area contributed by atoms with E-state index in [1.165, 1.54) is 12.4 Å². The molecule has 0 spiro atoms. The standard InChI is InChI=1S/C12H12N4OS/c1-7-3-2-4-9(10(7)11(13)18)16-12(17)8-5-14-15-6-8/h2-6H,1H3,(H2,13,18)(H,14,15)(H,16,17). The number of thiocarbonyl (C=S) groups is 1. The normalized spacial score (nSPS) is 10.1. The van der Waals surface area contributed by atoms with Gasteiger partial charge < -0.3 is 11.1 Å². The summed E-state index contributed by atoms with van der Waals surface area (Å²) in [5.41, 5.74) is 8.33. The van der Waals surface area contributed by atoms with Gasteiger partial charge in [-0.1, -0.05) is 24.4 Å². The first-order valence-corrected chi connectivity index (χ1v) is 5.70. The van der Waals surface area contributed by atoms with Gasteiger partial charge in [-0.3, -0.25) is 9.89 Å². The van der Waals surface area contributed by atoms with Gasteiger partial charge in [-0.25, -0.2) is 0 Å². The van der Waals surface area contributed by atoms with Crippen molar-refractivity contribution in [2.45, 2.75) is 6.92 Å². The van der Waals surface area contributed by atoms with Crippen LogP contribution >= 0.6 is 12.2 Å². The molecule has 0 aliphatic carbocycles. The molecule has 0 radical (unpaired) electrons. The van der Waals surface area contributed by atoms with E-state index in [9.17, 15) is 4.79 Å². The first-order chi connectivity index (χ1) is 8.59. The summed E-state index contributed by atoms with van der Waals surface area (Å²) in [5.74, 6) is -0.258. The summed E-state index contributed by atoms with van der Waals surface area (Å²) in [6.07, 6.45) is 2.97. The van der Waals surface area contributed by atoms with Gasteiger partial charge in [-0.15, -0.1) is 0 Å². The highest BCUT2D eigenvalue weighted by Crippen LogP contribution is 2.20.